The molecule has 0 aromatic heterocycles. The Morgan fingerprint density at radius 3 is 2.73 bits per heavy atom. The van der Waals surface area contributed by atoms with Gasteiger partial charge in [0.2, 0.25) is 11.8 Å². The molecule has 3 N–H and O–H groups in total. The molecule has 1 atom stereocenters. The highest BCUT2D eigenvalue weighted by Crippen LogP contribution is 2.43. The largest absolute Gasteiger partial charge is 0.366 e. The van der Waals surface area contributed by atoms with E-state index in [1.807, 2.05) is 19.1 Å². The van der Waals surface area contributed by atoms with Crippen molar-refractivity contribution >= 4 is 29.1 Å². The van der Waals surface area contributed by atoms with Crippen molar-refractivity contribution in [1.29, 1.82) is 0 Å². The normalized spacial score (nSPS) is 19.6. The molecule has 0 saturated heterocycles. The SMILES string of the molecule is CC1(Cc2cccc(C(N)=O)c2)C(=O)Nc2cccc(Cl)c21. The zero-order valence-corrected chi connectivity index (χ0v) is 12.8. The Kier molecular flexibility index (Phi) is 3.41. The van der Waals surface area contributed by atoms with E-state index >= 15 is 0 Å². The number of rotatable bonds is 3. The molecule has 5 heteroatoms. The summed E-state index contributed by atoms with van der Waals surface area (Å²) in [5, 5.41) is 3.43. The summed E-state index contributed by atoms with van der Waals surface area (Å²) < 4.78 is 0. The van der Waals surface area contributed by atoms with Crippen molar-refractivity contribution in [1.82, 2.24) is 0 Å². The monoisotopic (exact) mass is 314 g/mol. The second kappa shape index (κ2) is 5.14. The van der Waals surface area contributed by atoms with E-state index in [0.717, 1.165) is 16.8 Å². The summed E-state index contributed by atoms with van der Waals surface area (Å²) in [6, 6.07) is 12.4. The summed E-state index contributed by atoms with van der Waals surface area (Å²) in [7, 11) is 0. The fourth-order valence-electron chi connectivity index (χ4n) is 2.97. The number of carbonyl (C=O) groups excluding carboxylic acids is 2. The summed E-state index contributed by atoms with van der Waals surface area (Å²) in [6.45, 7) is 1.86. The number of hydrogen-bond acceptors (Lipinski definition) is 2. The first kappa shape index (κ1) is 14.6. The van der Waals surface area contributed by atoms with E-state index in [1.165, 1.54) is 0 Å². The second-order valence-electron chi connectivity index (χ2n) is 5.69. The molecule has 2 aromatic carbocycles. The number of halogens is 1. The minimum Gasteiger partial charge on any atom is -0.366 e. The molecule has 0 aliphatic carbocycles. The maximum atomic E-state index is 12.5. The van der Waals surface area contributed by atoms with Gasteiger partial charge in [-0.1, -0.05) is 29.8 Å². The number of benzene rings is 2. The molecule has 3 rings (SSSR count). The summed E-state index contributed by atoms with van der Waals surface area (Å²) in [4.78, 5) is 23.8. The summed E-state index contributed by atoms with van der Waals surface area (Å²) in [5.74, 6) is -0.582. The minimum absolute atomic E-state index is 0.0971. The minimum atomic E-state index is -0.774. The molecule has 1 unspecified atom stereocenters. The maximum absolute atomic E-state index is 12.5. The van der Waals surface area contributed by atoms with Gasteiger partial charge in [0.15, 0.2) is 0 Å². The van der Waals surface area contributed by atoms with Gasteiger partial charge < -0.3 is 11.1 Å². The molecule has 0 spiro atoms. The van der Waals surface area contributed by atoms with Gasteiger partial charge in [-0.25, -0.2) is 0 Å². The van der Waals surface area contributed by atoms with E-state index in [2.05, 4.69) is 5.32 Å². The highest BCUT2D eigenvalue weighted by Gasteiger charge is 2.44. The number of amides is 2. The Labute approximate surface area is 133 Å². The molecule has 112 valence electrons. The molecular formula is C17H15ClN2O2. The first-order chi connectivity index (χ1) is 10.4. The molecule has 2 aromatic rings. The average Bonchev–Trinajstić information content (AvgIpc) is 2.71. The van der Waals surface area contributed by atoms with Crippen LogP contribution in [-0.4, -0.2) is 11.8 Å². The van der Waals surface area contributed by atoms with Crippen molar-refractivity contribution in [2.75, 3.05) is 5.32 Å². The van der Waals surface area contributed by atoms with Crippen molar-refractivity contribution in [2.24, 2.45) is 5.73 Å². The van der Waals surface area contributed by atoms with Crippen LogP contribution in [0.2, 0.25) is 5.02 Å². The predicted molar refractivity (Wildman–Crippen MR) is 86.1 cm³/mol. The highest BCUT2D eigenvalue weighted by atomic mass is 35.5. The Morgan fingerprint density at radius 1 is 1.27 bits per heavy atom. The van der Waals surface area contributed by atoms with Crippen LogP contribution in [0.25, 0.3) is 0 Å². The fraction of sp³-hybridized carbons (Fsp3) is 0.176. The number of carbonyl (C=O) groups is 2. The molecule has 4 nitrogen and oxygen atoms in total. The lowest BCUT2D eigenvalue weighted by atomic mass is 9.78. The van der Waals surface area contributed by atoms with Gasteiger partial charge in [-0.3, -0.25) is 9.59 Å². The molecule has 1 heterocycles. The number of nitrogens with two attached hydrogens (primary N) is 1. The van der Waals surface area contributed by atoms with E-state index < -0.39 is 11.3 Å². The molecule has 0 fully saturated rings. The zero-order chi connectivity index (χ0) is 15.9. The van der Waals surface area contributed by atoms with Crippen LogP contribution in [0.3, 0.4) is 0 Å². The first-order valence-electron chi connectivity index (χ1n) is 6.91. The third kappa shape index (κ3) is 2.25. The number of primary amides is 1. The maximum Gasteiger partial charge on any atom is 0.248 e. The summed E-state index contributed by atoms with van der Waals surface area (Å²) in [6.07, 6.45) is 0.441. The van der Waals surface area contributed by atoms with Gasteiger partial charge in [0.1, 0.15) is 0 Å². The summed E-state index contributed by atoms with van der Waals surface area (Å²) >= 11 is 6.30. The van der Waals surface area contributed by atoms with Gasteiger partial charge in [0.25, 0.3) is 0 Å². The zero-order valence-electron chi connectivity index (χ0n) is 12.0. The molecule has 0 bridgehead atoms. The number of fused-ring (bicyclic) bond motifs is 1. The van der Waals surface area contributed by atoms with Gasteiger partial charge in [-0.15, -0.1) is 0 Å². The van der Waals surface area contributed by atoms with Gasteiger partial charge in [-0.05, 0) is 43.2 Å². The third-order valence-corrected chi connectivity index (χ3v) is 4.40. The highest BCUT2D eigenvalue weighted by molar-refractivity contribution is 6.33. The fourth-order valence-corrected chi connectivity index (χ4v) is 3.36. The average molecular weight is 315 g/mol. The molecule has 0 radical (unpaired) electrons. The van der Waals surface area contributed by atoms with Crippen LogP contribution < -0.4 is 11.1 Å². The lowest BCUT2D eigenvalue weighted by molar-refractivity contribution is -0.120. The lowest BCUT2D eigenvalue weighted by Crippen LogP contribution is -2.33. The number of nitrogens with one attached hydrogen (secondary N) is 1. The molecule has 1 aliphatic heterocycles. The van der Waals surface area contributed by atoms with Crippen molar-refractivity contribution in [3.05, 3.63) is 64.2 Å². The van der Waals surface area contributed by atoms with Gasteiger partial charge in [-0.2, -0.15) is 0 Å². The second-order valence-corrected chi connectivity index (χ2v) is 6.10. The van der Waals surface area contributed by atoms with Crippen LogP contribution in [0.4, 0.5) is 5.69 Å². The number of anilines is 1. The Morgan fingerprint density at radius 2 is 2.00 bits per heavy atom. The van der Waals surface area contributed by atoms with Gasteiger partial charge >= 0.3 is 0 Å². The van der Waals surface area contributed by atoms with Gasteiger partial charge in [0.05, 0.1) is 5.41 Å². The number of hydrogen-bond donors (Lipinski definition) is 2. The predicted octanol–water partition coefficient (Wildman–Crippen LogP) is 2.89. The van der Waals surface area contributed by atoms with Crippen LogP contribution in [0.5, 0.6) is 0 Å². The van der Waals surface area contributed by atoms with E-state index in [1.54, 1.807) is 30.3 Å². The summed E-state index contributed by atoms with van der Waals surface area (Å²) in [5.41, 5.74) is 7.37. The van der Waals surface area contributed by atoms with E-state index in [9.17, 15) is 9.59 Å². The molecule has 0 saturated carbocycles. The Hall–Kier alpha value is -2.33. The van der Waals surface area contributed by atoms with Crippen LogP contribution >= 0.6 is 11.6 Å². The van der Waals surface area contributed by atoms with E-state index in [4.69, 9.17) is 17.3 Å². The van der Waals surface area contributed by atoms with E-state index in [0.29, 0.717) is 17.0 Å². The topological polar surface area (TPSA) is 72.2 Å². The third-order valence-electron chi connectivity index (χ3n) is 4.08. The van der Waals surface area contributed by atoms with Crippen LogP contribution in [0.1, 0.15) is 28.4 Å². The van der Waals surface area contributed by atoms with E-state index in [-0.39, 0.29) is 5.91 Å². The Balaban J connectivity index is 2.04. The first-order valence-corrected chi connectivity index (χ1v) is 7.29. The van der Waals surface area contributed by atoms with Crippen LogP contribution in [-0.2, 0) is 16.6 Å². The van der Waals surface area contributed by atoms with Crippen LogP contribution in [0, 0.1) is 0 Å². The standard InChI is InChI=1S/C17H15ClN2O2/c1-17(9-10-4-2-5-11(8-10)15(19)21)14-12(18)6-3-7-13(14)20-16(17)22/h2-8H,9H2,1H3,(H2,19,21)(H,20,22). The van der Waals surface area contributed by atoms with Crippen molar-refractivity contribution < 1.29 is 9.59 Å². The lowest BCUT2D eigenvalue weighted by Gasteiger charge is -2.23. The molecule has 1 aliphatic rings. The van der Waals surface area contributed by atoms with Crippen molar-refractivity contribution in [2.45, 2.75) is 18.8 Å². The molecule has 22 heavy (non-hydrogen) atoms. The molecule has 2 amide bonds. The van der Waals surface area contributed by atoms with Crippen LogP contribution in [0.15, 0.2) is 42.5 Å². The quantitative estimate of drug-likeness (QED) is 0.914. The van der Waals surface area contributed by atoms with Crippen molar-refractivity contribution in [3.63, 3.8) is 0 Å². The molecular weight excluding hydrogens is 300 g/mol. The van der Waals surface area contributed by atoms with Gasteiger partial charge in [0, 0.05) is 21.8 Å². The van der Waals surface area contributed by atoms with Crippen molar-refractivity contribution in [3.8, 4) is 0 Å². The Bertz CT molecular complexity index is 788. The smallest absolute Gasteiger partial charge is 0.248 e.